The molecule has 0 aromatic carbocycles. The number of alkyl halides is 2. The van der Waals surface area contributed by atoms with Crippen LogP contribution >= 0.6 is 23.2 Å². The quantitative estimate of drug-likeness (QED) is 0.432. The fraction of sp³-hybridized carbons (Fsp3) is 0.714. The van der Waals surface area contributed by atoms with Gasteiger partial charge < -0.3 is 4.74 Å². The molecule has 74 valence electrons. The summed E-state index contributed by atoms with van der Waals surface area (Å²) in [6.45, 7) is 2.07. The topological polar surface area (TPSA) is 50.7 Å². The second-order valence-corrected chi connectivity index (χ2v) is 3.36. The SMILES string of the molecule is CCOC(=O)C1C=NC(Cl)NC1Cl. The number of carbonyl (C=O) groups is 1. The Morgan fingerprint density at radius 1 is 1.69 bits per heavy atom. The summed E-state index contributed by atoms with van der Waals surface area (Å²) in [5.74, 6) is -0.945. The summed E-state index contributed by atoms with van der Waals surface area (Å²) in [5, 5.41) is 2.70. The predicted octanol–water partition coefficient (Wildman–Crippen LogP) is 0.927. The van der Waals surface area contributed by atoms with Crippen LogP contribution in [0.25, 0.3) is 0 Å². The first-order chi connectivity index (χ1) is 6.15. The van der Waals surface area contributed by atoms with Crippen LogP contribution in [0.5, 0.6) is 0 Å². The number of esters is 1. The van der Waals surface area contributed by atoms with Crippen LogP contribution in [-0.2, 0) is 9.53 Å². The van der Waals surface area contributed by atoms with Gasteiger partial charge in [-0.05, 0) is 6.92 Å². The monoisotopic (exact) mass is 224 g/mol. The van der Waals surface area contributed by atoms with Crippen molar-refractivity contribution < 1.29 is 9.53 Å². The van der Waals surface area contributed by atoms with E-state index in [1.165, 1.54) is 6.21 Å². The van der Waals surface area contributed by atoms with Gasteiger partial charge in [-0.1, -0.05) is 11.6 Å². The minimum atomic E-state index is -0.562. The van der Waals surface area contributed by atoms with E-state index < -0.39 is 17.0 Å². The van der Waals surface area contributed by atoms with E-state index in [0.29, 0.717) is 6.61 Å². The van der Waals surface area contributed by atoms with Crippen molar-refractivity contribution in [2.24, 2.45) is 10.9 Å². The van der Waals surface area contributed by atoms with E-state index in [9.17, 15) is 4.79 Å². The first-order valence-electron chi connectivity index (χ1n) is 3.89. The zero-order valence-electron chi connectivity index (χ0n) is 7.04. The summed E-state index contributed by atoms with van der Waals surface area (Å²) in [6.07, 6.45) is 1.42. The van der Waals surface area contributed by atoms with Gasteiger partial charge in [-0.3, -0.25) is 15.1 Å². The molecular formula is C7H10Cl2N2O2. The summed E-state index contributed by atoms with van der Waals surface area (Å²) in [5.41, 5.74) is -1.12. The molecule has 3 atom stereocenters. The van der Waals surface area contributed by atoms with Crippen molar-refractivity contribution in [3.05, 3.63) is 0 Å². The van der Waals surface area contributed by atoms with E-state index in [1.807, 2.05) is 0 Å². The van der Waals surface area contributed by atoms with Gasteiger partial charge in [0.15, 0.2) is 5.62 Å². The van der Waals surface area contributed by atoms with E-state index in [4.69, 9.17) is 27.9 Å². The van der Waals surface area contributed by atoms with E-state index >= 15 is 0 Å². The minimum absolute atomic E-state index is 0.330. The Morgan fingerprint density at radius 3 is 2.92 bits per heavy atom. The van der Waals surface area contributed by atoms with Crippen LogP contribution in [0, 0.1) is 5.92 Å². The third kappa shape index (κ3) is 2.83. The first kappa shape index (κ1) is 10.8. The Hall–Kier alpha value is -0.320. The second kappa shape index (κ2) is 4.79. The van der Waals surface area contributed by atoms with E-state index in [-0.39, 0.29) is 5.97 Å². The summed E-state index contributed by atoms with van der Waals surface area (Å²) in [4.78, 5) is 15.0. The van der Waals surface area contributed by atoms with Gasteiger partial charge in [0.1, 0.15) is 11.4 Å². The van der Waals surface area contributed by atoms with Crippen LogP contribution in [0.2, 0.25) is 0 Å². The van der Waals surface area contributed by atoms with E-state index in [1.54, 1.807) is 6.92 Å². The second-order valence-electron chi connectivity index (χ2n) is 2.48. The van der Waals surface area contributed by atoms with Gasteiger partial charge in [0.05, 0.1) is 6.61 Å². The van der Waals surface area contributed by atoms with Crippen LogP contribution in [0.1, 0.15) is 6.92 Å². The van der Waals surface area contributed by atoms with Crippen LogP contribution in [0.3, 0.4) is 0 Å². The third-order valence-corrected chi connectivity index (χ3v) is 2.18. The van der Waals surface area contributed by atoms with Gasteiger partial charge in [0, 0.05) is 6.21 Å². The van der Waals surface area contributed by atoms with Crippen LogP contribution in [0.4, 0.5) is 0 Å². The maximum atomic E-state index is 11.2. The lowest BCUT2D eigenvalue weighted by Gasteiger charge is -2.23. The van der Waals surface area contributed by atoms with Crippen LogP contribution in [-0.4, -0.2) is 29.9 Å². The maximum absolute atomic E-state index is 11.2. The van der Waals surface area contributed by atoms with Crippen molar-refractivity contribution in [3.8, 4) is 0 Å². The summed E-state index contributed by atoms with van der Waals surface area (Å²) >= 11 is 11.4. The van der Waals surface area contributed by atoms with Crippen LogP contribution in [0.15, 0.2) is 4.99 Å². The Balaban J connectivity index is 2.59. The molecule has 13 heavy (non-hydrogen) atoms. The molecule has 0 aromatic heterocycles. The molecule has 0 amide bonds. The fourth-order valence-electron chi connectivity index (χ4n) is 0.941. The lowest BCUT2D eigenvalue weighted by Crippen LogP contribution is -2.44. The predicted molar refractivity (Wildman–Crippen MR) is 51.0 cm³/mol. The number of halogens is 2. The number of rotatable bonds is 2. The average Bonchev–Trinajstić information content (AvgIpc) is 2.04. The molecule has 0 radical (unpaired) electrons. The molecule has 0 bridgehead atoms. The lowest BCUT2D eigenvalue weighted by molar-refractivity contribution is -0.145. The van der Waals surface area contributed by atoms with Gasteiger partial charge in [0.25, 0.3) is 0 Å². The highest BCUT2D eigenvalue weighted by Gasteiger charge is 2.30. The summed E-state index contributed by atoms with van der Waals surface area (Å²) in [7, 11) is 0. The Bertz CT molecular complexity index is 223. The van der Waals surface area contributed by atoms with Gasteiger partial charge in [-0.15, -0.1) is 11.6 Å². The number of carbonyl (C=O) groups excluding carboxylic acids is 1. The molecule has 0 aromatic rings. The summed E-state index contributed by atoms with van der Waals surface area (Å²) in [6, 6.07) is 0. The molecule has 1 rings (SSSR count). The highest BCUT2D eigenvalue weighted by atomic mass is 35.5. The zero-order valence-corrected chi connectivity index (χ0v) is 8.55. The lowest BCUT2D eigenvalue weighted by atomic mass is 10.1. The molecule has 6 heteroatoms. The Kier molecular flexibility index (Phi) is 3.96. The van der Waals surface area contributed by atoms with Crippen molar-refractivity contribution in [1.29, 1.82) is 0 Å². The number of ether oxygens (including phenoxy) is 1. The van der Waals surface area contributed by atoms with E-state index in [0.717, 1.165) is 0 Å². The minimum Gasteiger partial charge on any atom is -0.465 e. The first-order valence-corrected chi connectivity index (χ1v) is 4.76. The number of nitrogens with one attached hydrogen (secondary N) is 1. The molecule has 1 aliphatic rings. The highest BCUT2D eigenvalue weighted by Crippen LogP contribution is 2.15. The molecule has 0 saturated heterocycles. The van der Waals surface area contributed by atoms with Crippen LogP contribution < -0.4 is 5.32 Å². The zero-order chi connectivity index (χ0) is 9.84. The standard InChI is InChI=1S/C7H10Cl2N2O2/c1-2-13-6(12)4-3-10-7(9)11-5(4)8/h3-5,7,11H,2H2,1H3. The highest BCUT2D eigenvalue weighted by molar-refractivity contribution is 6.26. The summed E-state index contributed by atoms with van der Waals surface area (Å²) < 4.78 is 4.79. The molecule has 4 nitrogen and oxygen atoms in total. The maximum Gasteiger partial charge on any atom is 0.317 e. The largest absolute Gasteiger partial charge is 0.465 e. The fourth-order valence-corrected chi connectivity index (χ4v) is 1.49. The molecular weight excluding hydrogens is 215 g/mol. The van der Waals surface area contributed by atoms with Crippen molar-refractivity contribution in [2.75, 3.05) is 6.61 Å². The smallest absolute Gasteiger partial charge is 0.317 e. The number of hydrogen-bond donors (Lipinski definition) is 1. The van der Waals surface area contributed by atoms with Gasteiger partial charge in [-0.25, -0.2) is 0 Å². The molecule has 0 fully saturated rings. The Morgan fingerprint density at radius 2 is 2.38 bits per heavy atom. The van der Waals surface area contributed by atoms with Crippen molar-refractivity contribution >= 4 is 35.4 Å². The number of hydrogen-bond acceptors (Lipinski definition) is 4. The molecule has 0 spiro atoms. The van der Waals surface area contributed by atoms with E-state index in [2.05, 4.69) is 10.3 Å². The molecule has 1 N–H and O–H groups in total. The third-order valence-electron chi connectivity index (χ3n) is 1.55. The molecule has 3 unspecified atom stereocenters. The van der Waals surface area contributed by atoms with Crippen molar-refractivity contribution in [1.82, 2.24) is 5.32 Å². The van der Waals surface area contributed by atoms with Gasteiger partial charge in [-0.2, -0.15) is 0 Å². The van der Waals surface area contributed by atoms with Crippen molar-refractivity contribution in [3.63, 3.8) is 0 Å². The van der Waals surface area contributed by atoms with Crippen molar-refractivity contribution in [2.45, 2.75) is 18.0 Å². The molecule has 1 aliphatic heterocycles. The molecule has 0 aliphatic carbocycles. The van der Waals surface area contributed by atoms with Gasteiger partial charge >= 0.3 is 5.97 Å². The normalized spacial score (nSPS) is 33.0. The number of aliphatic imine (C=N–C) groups is 1. The van der Waals surface area contributed by atoms with Gasteiger partial charge in [0.2, 0.25) is 0 Å². The molecule has 0 saturated carbocycles. The molecule has 1 heterocycles. The average molecular weight is 225 g/mol. The number of nitrogens with zero attached hydrogens (tertiary/aromatic N) is 1. The Labute approximate surface area is 86.2 Å².